The molecule has 1 aliphatic heterocycles. The van der Waals surface area contributed by atoms with E-state index in [4.69, 9.17) is 4.74 Å². The van der Waals surface area contributed by atoms with Crippen LogP contribution in [0.1, 0.15) is 13.8 Å². The molecule has 0 aliphatic carbocycles. The van der Waals surface area contributed by atoms with Gasteiger partial charge < -0.3 is 25.2 Å². The summed E-state index contributed by atoms with van der Waals surface area (Å²) in [4.78, 5) is 17.0. The number of amides is 2. The Morgan fingerprint density at radius 2 is 1.96 bits per heavy atom. The first-order valence-corrected chi connectivity index (χ1v) is 8.74. The van der Waals surface area contributed by atoms with Gasteiger partial charge in [-0.15, -0.1) is 0 Å². The van der Waals surface area contributed by atoms with Crippen molar-refractivity contribution in [3.8, 4) is 5.75 Å². The summed E-state index contributed by atoms with van der Waals surface area (Å²) in [7, 11) is 1.61. The molecule has 0 aromatic heterocycles. The summed E-state index contributed by atoms with van der Waals surface area (Å²) in [6.45, 7) is 11.7. The van der Waals surface area contributed by atoms with Gasteiger partial charge in [0.1, 0.15) is 5.75 Å². The number of anilines is 1. The van der Waals surface area contributed by atoms with Gasteiger partial charge in [0.15, 0.2) is 0 Å². The predicted molar refractivity (Wildman–Crippen MR) is 97.7 cm³/mol. The van der Waals surface area contributed by atoms with E-state index in [9.17, 15) is 4.79 Å². The number of nitrogens with one attached hydrogen (secondary N) is 2. The lowest BCUT2D eigenvalue weighted by molar-refractivity contribution is 0.124. The van der Waals surface area contributed by atoms with Crippen LogP contribution in [-0.2, 0) is 0 Å². The molecule has 0 bridgehead atoms. The number of carbonyl (C=O) groups is 1. The van der Waals surface area contributed by atoms with Gasteiger partial charge >= 0.3 is 6.03 Å². The first-order chi connectivity index (χ1) is 11.6. The van der Waals surface area contributed by atoms with E-state index in [-0.39, 0.29) is 6.03 Å². The van der Waals surface area contributed by atoms with Crippen molar-refractivity contribution < 1.29 is 9.53 Å². The molecule has 1 aromatic carbocycles. The number of carbonyl (C=O) groups excluding carboxylic acids is 1. The van der Waals surface area contributed by atoms with Gasteiger partial charge in [0.2, 0.25) is 0 Å². The lowest BCUT2D eigenvalue weighted by atomic mass is 10.1. The average molecular weight is 334 g/mol. The minimum absolute atomic E-state index is 0.175. The molecule has 24 heavy (non-hydrogen) atoms. The van der Waals surface area contributed by atoms with E-state index >= 15 is 0 Å². The van der Waals surface area contributed by atoms with Crippen LogP contribution in [0.4, 0.5) is 10.5 Å². The van der Waals surface area contributed by atoms with E-state index in [0.717, 1.165) is 50.7 Å². The minimum atomic E-state index is -0.175. The topological polar surface area (TPSA) is 56.8 Å². The number of rotatable bonds is 7. The standard InChI is InChI=1S/C18H30N4O2/c1-4-21-8-10-22(11-9-21)14-15(2)13-19-18(23)20-16-6-5-7-17(12-16)24-3/h5-7,12,15H,4,8-11,13-14H2,1-3H3,(H2,19,20,23). The van der Waals surface area contributed by atoms with Crippen LogP contribution in [0.2, 0.25) is 0 Å². The number of urea groups is 1. The molecule has 1 saturated heterocycles. The normalized spacial score (nSPS) is 17.3. The third-order valence-corrected chi connectivity index (χ3v) is 4.42. The van der Waals surface area contributed by atoms with E-state index in [1.54, 1.807) is 13.2 Å². The van der Waals surface area contributed by atoms with Crippen LogP contribution in [0.5, 0.6) is 5.75 Å². The highest BCUT2D eigenvalue weighted by atomic mass is 16.5. The van der Waals surface area contributed by atoms with Gasteiger partial charge in [-0.05, 0) is 24.6 Å². The fourth-order valence-corrected chi connectivity index (χ4v) is 2.94. The first-order valence-electron chi connectivity index (χ1n) is 8.74. The number of likely N-dealkylation sites (N-methyl/N-ethyl adjacent to an activating group) is 1. The van der Waals surface area contributed by atoms with Crippen LogP contribution in [0.15, 0.2) is 24.3 Å². The molecule has 1 fully saturated rings. The zero-order valence-corrected chi connectivity index (χ0v) is 15.0. The molecule has 1 unspecified atom stereocenters. The van der Waals surface area contributed by atoms with E-state index in [1.807, 2.05) is 18.2 Å². The molecule has 6 heteroatoms. The average Bonchev–Trinajstić information content (AvgIpc) is 2.61. The summed E-state index contributed by atoms with van der Waals surface area (Å²) in [5.41, 5.74) is 0.732. The summed E-state index contributed by atoms with van der Waals surface area (Å²) >= 11 is 0. The summed E-state index contributed by atoms with van der Waals surface area (Å²) < 4.78 is 5.15. The van der Waals surface area contributed by atoms with Crippen molar-refractivity contribution in [2.24, 2.45) is 5.92 Å². The Morgan fingerprint density at radius 3 is 2.62 bits per heavy atom. The summed E-state index contributed by atoms with van der Waals surface area (Å²) in [6.07, 6.45) is 0. The predicted octanol–water partition coefficient (Wildman–Crippen LogP) is 2.09. The SMILES string of the molecule is CCN1CCN(CC(C)CNC(=O)Nc2cccc(OC)c2)CC1. The number of ether oxygens (including phenoxy) is 1. The highest BCUT2D eigenvalue weighted by Gasteiger charge is 2.17. The molecule has 1 aromatic rings. The second-order valence-corrected chi connectivity index (χ2v) is 6.41. The lowest BCUT2D eigenvalue weighted by Gasteiger charge is -2.35. The molecular formula is C18H30N4O2. The number of methoxy groups -OCH3 is 1. The molecule has 2 N–H and O–H groups in total. The number of benzene rings is 1. The van der Waals surface area contributed by atoms with Crippen LogP contribution in [-0.4, -0.2) is 68.8 Å². The van der Waals surface area contributed by atoms with Gasteiger partial charge in [-0.25, -0.2) is 4.79 Å². The molecule has 1 aliphatic rings. The van der Waals surface area contributed by atoms with Gasteiger partial charge in [-0.3, -0.25) is 0 Å². The van der Waals surface area contributed by atoms with Crippen molar-refractivity contribution in [3.63, 3.8) is 0 Å². The Kier molecular flexibility index (Phi) is 7.34. The van der Waals surface area contributed by atoms with Crippen molar-refractivity contribution in [1.82, 2.24) is 15.1 Å². The molecule has 0 spiro atoms. The van der Waals surface area contributed by atoms with E-state index in [0.29, 0.717) is 12.5 Å². The van der Waals surface area contributed by atoms with Crippen LogP contribution in [0, 0.1) is 5.92 Å². The van der Waals surface area contributed by atoms with Gasteiger partial charge in [0.05, 0.1) is 7.11 Å². The molecular weight excluding hydrogens is 304 g/mol. The fourth-order valence-electron chi connectivity index (χ4n) is 2.94. The summed E-state index contributed by atoms with van der Waals surface area (Å²) in [6, 6.07) is 7.18. The van der Waals surface area contributed by atoms with Crippen molar-refractivity contribution in [2.75, 3.05) is 58.2 Å². The number of hydrogen-bond acceptors (Lipinski definition) is 4. The first kappa shape index (κ1) is 18.5. The Labute approximate surface area is 145 Å². The molecule has 6 nitrogen and oxygen atoms in total. The molecule has 1 heterocycles. The maximum Gasteiger partial charge on any atom is 0.319 e. The fraction of sp³-hybridized carbons (Fsp3) is 0.611. The third-order valence-electron chi connectivity index (χ3n) is 4.42. The highest BCUT2D eigenvalue weighted by molar-refractivity contribution is 5.89. The van der Waals surface area contributed by atoms with Crippen LogP contribution >= 0.6 is 0 Å². The molecule has 1 atom stereocenters. The Balaban J connectivity index is 1.67. The molecule has 0 saturated carbocycles. The third kappa shape index (κ3) is 6.02. The van der Waals surface area contributed by atoms with Crippen LogP contribution < -0.4 is 15.4 Å². The van der Waals surface area contributed by atoms with Crippen molar-refractivity contribution >= 4 is 11.7 Å². The maximum absolute atomic E-state index is 12.0. The molecule has 0 radical (unpaired) electrons. The maximum atomic E-state index is 12.0. The van der Waals surface area contributed by atoms with Crippen LogP contribution in [0.3, 0.4) is 0 Å². The number of hydrogen-bond donors (Lipinski definition) is 2. The molecule has 2 amide bonds. The molecule has 134 valence electrons. The summed E-state index contributed by atoms with van der Waals surface area (Å²) in [5, 5.41) is 5.79. The number of nitrogens with zero attached hydrogens (tertiary/aromatic N) is 2. The van der Waals surface area contributed by atoms with Crippen molar-refractivity contribution in [3.05, 3.63) is 24.3 Å². The molecule has 2 rings (SSSR count). The minimum Gasteiger partial charge on any atom is -0.497 e. The summed E-state index contributed by atoms with van der Waals surface area (Å²) in [5.74, 6) is 1.15. The van der Waals surface area contributed by atoms with Gasteiger partial charge in [0.25, 0.3) is 0 Å². The quantitative estimate of drug-likeness (QED) is 0.802. The van der Waals surface area contributed by atoms with Crippen molar-refractivity contribution in [1.29, 1.82) is 0 Å². The Bertz CT molecular complexity index is 515. The zero-order valence-electron chi connectivity index (χ0n) is 15.0. The second-order valence-electron chi connectivity index (χ2n) is 6.41. The van der Waals surface area contributed by atoms with Gasteiger partial charge in [-0.2, -0.15) is 0 Å². The van der Waals surface area contributed by atoms with E-state index in [2.05, 4.69) is 34.3 Å². The smallest absolute Gasteiger partial charge is 0.319 e. The monoisotopic (exact) mass is 334 g/mol. The lowest BCUT2D eigenvalue weighted by Crippen LogP contribution is -2.48. The Hall–Kier alpha value is -1.79. The van der Waals surface area contributed by atoms with Gasteiger partial charge in [0, 0.05) is 51.0 Å². The Morgan fingerprint density at radius 1 is 1.25 bits per heavy atom. The van der Waals surface area contributed by atoms with Gasteiger partial charge in [-0.1, -0.05) is 19.9 Å². The van der Waals surface area contributed by atoms with Crippen molar-refractivity contribution in [2.45, 2.75) is 13.8 Å². The second kappa shape index (κ2) is 9.49. The van der Waals surface area contributed by atoms with E-state index < -0.39 is 0 Å². The van der Waals surface area contributed by atoms with Crippen LogP contribution in [0.25, 0.3) is 0 Å². The highest BCUT2D eigenvalue weighted by Crippen LogP contribution is 2.16. The largest absolute Gasteiger partial charge is 0.497 e. The number of piperazine rings is 1. The van der Waals surface area contributed by atoms with E-state index in [1.165, 1.54) is 0 Å². The zero-order chi connectivity index (χ0) is 17.4.